The van der Waals surface area contributed by atoms with E-state index in [4.69, 9.17) is 5.11 Å². The van der Waals surface area contributed by atoms with Crippen LogP contribution >= 0.6 is 0 Å². The van der Waals surface area contributed by atoms with E-state index in [1.54, 1.807) is 25.1 Å². The lowest BCUT2D eigenvalue weighted by Crippen LogP contribution is -2.41. The van der Waals surface area contributed by atoms with Gasteiger partial charge in [0.2, 0.25) is 0 Å². The van der Waals surface area contributed by atoms with Crippen molar-refractivity contribution in [2.75, 3.05) is 6.61 Å². The van der Waals surface area contributed by atoms with Gasteiger partial charge in [-0.3, -0.25) is 4.79 Å². The Morgan fingerprint density at radius 3 is 2.59 bits per heavy atom. The zero-order valence-corrected chi connectivity index (χ0v) is 10.4. The molecule has 0 aliphatic heterocycles. The molecule has 0 aliphatic carbocycles. The molecule has 17 heavy (non-hydrogen) atoms. The monoisotopic (exact) mass is 237 g/mol. The highest BCUT2D eigenvalue weighted by Crippen LogP contribution is 2.21. The first-order valence-corrected chi connectivity index (χ1v) is 5.67. The predicted octanol–water partition coefficient (Wildman–Crippen LogP) is 1.45. The summed E-state index contributed by atoms with van der Waals surface area (Å²) in [7, 11) is 0. The molecular weight excluding hydrogens is 218 g/mol. The molecule has 1 aromatic carbocycles. The van der Waals surface area contributed by atoms with E-state index in [1.807, 2.05) is 13.8 Å². The van der Waals surface area contributed by atoms with Crippen LogP contribution in [-0.4, -0.2) is 28.8 Å². The van der Waals surface area contributed by atoms with Gasteiger partial charge in [0.1, 0.15) is 5.75 Å². The van der Waals surface area contributed by atoms with E-state index in [-0.39, 0.29) is 35.8 Å². The maximum Gasteiger partial charge on any atom is 0.255 e. The minimum absolute atomic E-state index is 0.00885. The number of phenolic OH excluding ortho intramolecular Hbond substituents is 1. The van der Waals surface area contributed by atoms with Gasteiger partial charge in [0, 0.05) is 0 Å². The maximum atomic E-state index is 11.9. The van der Waals surface area contributed by atoms with Gasteiger partial charge in [0.05, 0.1) is 18.2 Å². The van der Waals surface area contributed by atoms with Crippen LogP contribution in [0.25, 0.3) is 0 Å². The van der Waals surface area contributed by atoms with Crippen molar-refractivity contribution in [3.63, 3.8) is 0 Å². The molecule has 0 fully saturated rings. The van der Waals surface area contributed by atoms with E-state index in [2.05, 4.69) is 5.32 Å². The van der Waals surface area contributed by atoms with Gasteiger partial charge in [0.15, 0.2) is 0 Å². The zero-order chi connectivity index (χ0) is 13.0. The van der Waals surface area contributed by atoms with Crippen molar-refractivity contribution in [1.29, 1.82) is 0 Å². The number of carbonyl (C=O) groups excluding carboxylic acids is 1. The molecule has 4 heteroatoms. The smallest absolute Gasteiger partial charge is 0.255 e. The molecule has 1 atom stereocenters. The number of carbonyl (C=O) groups is 1. The summed E-state index contributed by atoms with van der Waals surface area (Å²) >= 11 is 0. The Morgan fingerprint density at radius 2 is 2.06 bits per heavy atom. The second-order valence-electron chi connectivity index (χ2n) is 4.48. The summed E-state index contributed by atoms with van der Waals surface area (Å²) < 4.78 is 0. The first-order chi connectivity index (χ1) is 7.97. The third-order valence-electron chi connectivity index (χ3n) is 2.80. The summed E-state index contributed by atoms with van der Waals surface area (Å²) in [6.07, 6.45) is 0. The maximum absolute atomic E-state index is 11.9. The number of aromatic hydroxyl groups is 1. The Bertz CT molecular complexity index is 402. The standard InChI is InChI=1S/C13H19NO3/c1-8(2)11(7-15)14-13(17)10-6-4-5-9(3)12(10)16/h4-6,8,11,15-16H,7H2,1-3H3,(H,14,17). The lowest BCUT2D eigenvalue weighted by Gasteiger charge is -2.20. The van der Waals surface area contributed by atoms with Crippen molar-refractivity contribution in [2.24, 2.45) is 5.92 Å². The summed E-state index contributed by atoms with van der Waals surface area (Å²) in [6, 6.07) is 4.71. The first-order valence-electron chi connectivity index (χ1n) is 5.67. The van der Waals surface area contributed by atoms with E-state index < -0.39 is 0 Å². The molecule has 94 valence electrons. The van der Waals surface area contributed by atoms with Gasteiger partial charge >= 0.3 is 0 Å². The number of phenols is 1. The van der Waals surface area contributed by atoms with Crippen LogP contribution < -0.4 is 5.32 Å². The SMILES string of the molecule is Cc1cccc(C(=O)NC(CO)C(C)C)c1O. The molecule has 0 heterocycles. The number of hydrogen-bond acceptors (Lipinski definition) is 3. The Balaban J connectivity index is 2.86. The largest absolute Gasteiger partial charge is 0.507 e. The zero-order valence-electron chi connectivity index (χ0n) is 10.4. The number of hydrogen-bond donors (Lipinski definition) is 3. The number of aryl methyl sites for hydroxylation is 1. The Kier molecular flexibility index (Phi) is 4.52. The van der Waals surface area contributed by atoms with Crippen molar-refractivity contribution in [1.82, 2.24) is 5.32 Å². The first kappa shape index (κ1) is 13.5. The highest BCUT2D eigenvalue weighted by molar-refractivity contribution is 5.97. The molecule has 1 amide bonds. The van der Waals surface area contributed by atoms with Crippen LogP contribution in [0.5, 0.6) is 5.75 Å². The second kappa shape index (κ2) is 5.68. The van der Waals surface area contributed by atoms with Crippen molar-refractivity contribution in [2.45, 2.75) is 26.8 Å². The van der Waals surface area contributed by atoms with Crippen molar-refractivity contribution in [3.05, 3.63) is 29.3 Å². The Morgan fingerprint density at radius 1 is 1.41 bits per heavy atom. The summed E-state index contributed by atoms with van der Waals surface area (Å²) in [6.45, 7) is 5.45. The van der Waals surface area contributed by atoms with E-state index in [9.17, 15) is 9.90 Å². The summed E-state index contributed by atoms with van der Waals surface area (Å²) in [5, 5.41) is 21.6. The van der Waals surface area contributed by atoms with Gasteiger partial charge in [-0.15, -0.1) is 0 Å². The summed E-state index contributed by atoms with van der Waals surface area (Å²) in [5.41, 5.74) is 0.895. The Hall–Kier alpha value is -1.55. The van der Waals surface area contributed by atoms with Crippen LogP contribution in [-0.2, 0) is 0 Å². The average molecular weight is 237 g/mol. The van der Waals surface area contributed by atoms with Crippen LogP contribution in [0.4, 0.5) is 0 Å². The molecule has 0 saturated heterocycles. The van der Waals surface area contributed by atoms with Gasteiger partial charge < -0.3 is 15.5 Å². The highest BCUT2D eigenvalue weighted by Gasteiger charge is 2.18. The quantitative estimate of drug-likeness (QED) is 0.742. The molecule has 1 rings (SSSR count). The van der Waals surface area contributed by atoms with Crippen LogP contribution in [0, 0.1) is 12.8 Å². The fraction of sp³-hybridized carbons (Fsp3) is 0.462. The molecule has 0 aliphatic rings. The lowest BCUT2D eigenvalue weighted by molar-refractivity contribution is 0.0894. The number of aliphatic hydroxyl groups is 1. The second-order valence-corrected chi connectivity index (χ2v) is 4.48. The molecule has 1 unspecified atom stereocenters. The predicted molar refractivity (Wildman–Crippen MR) is 66.0 cm³/mol. The topological polar surface area (TPSA) is 69.6 Å². The van der Waals surface area contributed by atoms with Crippen molar-refractivity contribution >= 4 is 5.91 Å². The fourth-order valence-electron chi connectivity index (χ4n) is 1.51. The third kappa shape index (κ3) is 3.20. The molecule has 3 N–H and O–H groups in total. The third-order valence-corrected chi connectivity index (χ3v) is 2.80. The van der Waals surface area contributed by atoms with Crippen LogP contribution in [0.15, 0.2) is 18.2 Å². The minimum Gasteiger partial charge on any atom is -0.507 e. The number of nitrogens with one attached hydrogen (secondary N) is 1. The van der Waals surface area contributed by atoms with Gasteiger partial charge in [0.25, 0.3) is 5.91 Å². The molecule has 0 saturated carbocycles. The Labute approximate surface area is 101 Å². The summed E-state index contributed by atoms with van der Waals surface area (Å²) in [5.74, 6) is -0.236. The van der Waals surface area contributed by atoms with Crippen LogP contribution in [0.1, 0.15) is 29.8 Å². The van der Waals surface area contributed by atoms with Gasteiger partial charge in [-0.2, -0.15) is 0 Å². The number of rotatable bonds is 4. The van der Waals surface area contributed by atoms with E-state index in [0.717, 1.165) is 0 Å². The van der Waals surface area contributed by atoms with E-state index in [0.29, 0.717) is 5.56 Å². The molecule has 0 radical (unpaired) electrons. The number of amides is 1. The summed E-state index contributed by atoms with van der Waals surface area (Å²) in [4.78, 5) is 11.9. The fourth-order valence-corrected chi connectivity index (χ4v) is 1.51. The number of aliphatic hydroxyl groups excluding tert-OH is 1. The minimum atomic E-state index is -0.362. The van der Waals surface area contributed by atoms with Gasteiger partial charge in [-0.1, -0.05) is 26.0 Å². The van der Waals surface area contributed by atoms with Crippen molar-refractivity contribution < 1.29 is 15.0 Å². The molecule has 1 aromatic rings. The molecule has 0 spiro atoms. The lowest BCUT2D eigenvalue weighted by atomic mass is 10.0. The van der Waals surface area contributed by atoms with Crippen LogP contribution in [0.2, 0.25) is 0 Å². The average Bonchev–Trinajstić information content (AvgIpc) is 2.28. The van der Waals surface area contributed by atoms with Crippen LogP contribution in [0.3, 0.4) is 0 Å². The van der Waals surface area contributed by atoms with Crippen molar-refractivity contribution in [3.8, 4) is 5.75 Å². The number of para-hydroxylation sites is 1. The number of benzene rings is 1. The molecule has 0 aromatic heterocycles. The van der Waals surface area contributed by atoms with Gasteiger partial charge in [-0.25, -0.2) is 0 Å². The van der Waals surface area contributed by atoms with E-state index in [1.165, 1.54) is 0 Å². The molecular formula is C13H19NO3. The normalized spacial score (nSPS) is 12.5. The highest BCUT2D eigenvalue weighted by atomic mass is 16.3. The van der Waals surface area contributed by atoms with Gasteiger partial charge in [-0.05, 0) is 24.5 Å². The molecule has 0 bridgehead atoms. The van der Waals surface area contributed by atoms with E-state index >= 15 is 0 Å². The molecule has 4 nitrogen and oxygen atoms in total.